The lowest BCUT2D eigenvalue weighted by molar-refractivity contribution is -0.153. The highest BCUT2D eigenvalue weighted by molar-refractivity contribution is 5.74. The van der Waals surface area contributed by atoms with Gasteiger partial charge in [0.25, 0.3) is 5.56 Å². The van der Waals surface area contributed by atoms with E-state index in [0.717, 1.165) is 4.57 Å². The van der Waals surface area contributed by atoms with Gasteiger partial charge in [-0.1, -0.05) is 0 Å². The number of rotatable bonds is 3. The molecule has 0 aliphatic carbocycles. The van der Waals surface area contributed by atoms with Gasteiger partial charge in [-0.2, -0.15) is 0 Å². The number of aryl methyl sites for hydroxylation is 1. The number of aromatic nitrogens is 4. The van der Waals surface area contributed by atoms with E-state index in [1.54, 1.807) is 0 Å². The molecule has 0 fully saturated rings. The molecule has 2 aromatic rings. The predicted molar refractivity (Wildman–Crippen MR) is 60.6 cm³/mol. The molecule has 0 bridgehead atoms. The van der Waals surface area contributed by atoms with Crippen LogP contribution in [0, 0.1) is 0 Å². The molecule has 2 unspecified atom stereocenters. The zero-order chi connectivity index (χ0) is 14.3. The summed E-state index contributed by atoms with van der Waals surface area (Å²) in [6, 6.07) is 0. The van der Waals surface area contributed by atoms with Gasteiger partial charge >= 0.3 is 11.7 Å². The van der Waals surface area contributed by atoms with Crippen molar-refractivity contribution in [3.63, 3.8) is 0 Å². The van der Waals surface area contributed by atoms with Crippen molar-refractivity contribution in [1.29, 1.82) is 0 Å². The molecule has 5 N–H and O–H groups in total. The quantitative estimate of drug-likeness (QED) is 0.409. The van der Waals surface area contributed by atoms with Crippen LogP contribution in [0.3, 0.4) is 0 Å². The Balaban J connectivity index is 2.63. The zero-order valence-electron chi connectivity index (χ0n) is 9.62. The normalized spacial score (nSPS) is 14.5. The molecular weight excluding hydrogens is 260 g/mol. The van der Waals surface area contributed by atoms with E-state index in [2.05, 4.69) is 9.97 Å². The summed E-state index contributed by atoms with van der Waals surface area (Å²) in [5.74, 6) is -1.97. The first kappa shape index (κ1) is 13.0. The van der Waals surface area contributed by atoms with Crippen LogP contribution in [0.5, 0.6) is 0 Å². The van der Waals surface area contributed by atoms with E-state index in [1.807, 2.05) is 4.98 Å². The number of aliphatic hydroxyl groups excluding tert-OH is 2. The van der Waals surface area contributed by atoms with Crippen molar-refractivity contribution >= 4 is 17.1 Å². The molecular formula is C9H10N4O6. The van der Waals surface area contributed by atoms with E-state index in [9.17, 15) is 24.6 Å². The summed E-state index contributed by atoms with van der Waals surface area (Å²) in [5.41, 5.74) is -1.62. The number of aliphatic hydroxyl groups is 2. The number of nitrogens with one attached hydrogen (secondary N) is 2. The molecule has 2 atom stereocenters. The Kier molecular flexibility index (Phi) is 2.96. The standard InChI is InChI=1S/C9H10N4O6/c1-13-6-2(7(16)12-9(13)19)10-5(11-6)3(14)4(15)8(17)18/h3-4,14-15H,1H3,(H,10,11)(H,17,18)(H,12,16,19). The van der Waals surface area contributed by atoms with Gasteiger partial charge in [0.15, 0.2) is 11.8 Å². The molecule has 0 aliphatic rings. The number of aliphatic carboxylic acids is 1. The summed E-state index contributed by atoms with van der Waals surface area (Å²) < 4.78 is 1.01. The van der Waals surface area contributed by atoms with E-state index < -0.39 is 29.4 Å². The van der Waals surface area contributed by atoms with Crippen molar-refractivity contribution in [2.45, 2.75) is 12.2 Å². The summed E-state index contributed by atoms with van der Waals surface area (Å²) in [6.07, 6.45) is -3.95. The van der Waals surface area contributed by atoms with Crippen molar-refractivity contribution in [3.8, 4) is 0 Å². The van der Waals surface area contributed by atoms with E-state index in [0.29, 0.717) is 0 Å². The Morgan fingerprint density at radius 2 is 1.95 bits per heavy atom. The molecule has 0 saturated carbocycles. The van der Waals surface area contributed by atoms with E-state index >= 15 is 0 Å². The molecule has 0 aliphatic heterocycles. The Labute approximate surface area is 104 Å². The van der Waals surface area contributed by atoms with Gasteiger partial charge < -0.3 is 20.3 Å². The van der Waals surface area contributed by atoms with Crippen LogP contribution < -0.4 is 11.2 Å². The monoisotopic (exact) mass is 270 g/mol. The van der Waals surface area contributed by atoms with Gasteiger partial charge in [0.1, 0.15) is 17.4 Å². The molecule has 102 valence electrons. The number of carboxylic acids is 1. The van der Waals surface area contributed by atoms with Crippen LogP contribution in [0.4, 0.5) is 0 Å². The third-order valence-corrected chi connectivity index (χ3v) is 2.61. The molecule has 19 heavy (non-hydrogen) atoms. The second kappa shape index (κ2) is 4.33. The van der Waals surface area contributed by atoms with Gasteiger partial charge in [-0.3, -0.25) is 14.3 Å². The SMILES string of the molecule is Cn1c(=O)[nH]c(=O)c2[nH]c(C(O)C(O)C(=O)O)nc21. The highest BCUT2D eigenvalue weighted by Crippen LogP contribution is 2.15. The first-order chi connectivity index (χ1) is 8.82. The molecule has 0 aromatic carbocycles. The summed E-state index contributed by atoms with van der Waals surface area (Å²) in [7, 11) is 1.34. The molecule has 10 nitrogen and oxygen atoms in total. The maximum absolute atomic E-state index is 11.5. The number of fused-ring (bicyclic) bond motifs is 1. The molecule has 0 saturated heterocycles. The van der Waals surface area contributed by atoms with Gasteiger partial charge in [-0.15, -0.1) is 0 Å². The minimum absolute atomic E-state index is 0.0552. The summed E-state index contributed by atoms with van der Waals surface area (Å²) in [4.78, 5) is 41.5. The highest BCUT2D eigenvalue weighted by Gasteiger charge is 2.28. The van der Waals surface area contributed by atoms with Crippen LogP contribution in [-0.2, 0) is 11.8 Å². The van der Waals surface area contributed by atoms with Crippen molar-refractivity contribution in [1.82, 2.24) is 19.5 Å². The summed E-state index contributed by atoms with van der Waals surface area (Å²) >= 11 is 0. The van der Waals surface area contributed by atoms with E-state index in [1.165, 1.54) is 7.05 Å². The van der Waals surface area contributed by atoms with Crippen LogP contribution in [0.25, 0.3) is 11.2 Å². The van der Waals surface area contributed by atoms with Gasteiger partial charge in [0.05, 0.1) is 0 Å². The molecule has 0 radical (unpaired) electrons. The fourth-order valence-corrected chi connectivity index (χ4v) is 1.55. The van der Waals surface area contributed by atoms with Gasteiger partial charge in [-0.05, 0) is 0 Å². The average Bonchev–Trinajstić information content (AvgIpc) is 2.79. The predicted octanol–water partition coefficient (Wildman–Crippen LogP) is -2.57. The third-order valence-electron chi connectivity index (χ3n) is 2.61. The molecule has 2 heterocycles. The molecule has 2 aromatic heterocycles. The van der Waals surface area contributed by atoms with Crippen molar-refractivity contribution in [2.75, 3.05) is 0 Å². The maximum atomic E-state index is 11.5. The topological polar surface area (TPSA) is 161 Å². The number of hydrogen-bond donors (Lipinski definition) is 5. The lowest BCUT2D eigenvalue weighted by Gasteiger charge is -2.10. The van der Waals surface area contributed by atoms with Crippen LogP contribution in [0.2, 0.25) is 0 Å². The maximum Gasteiger partial charge on any atom is 0.335 e. The van der Waals surface area contributed by atoms with Crippen LogP contribution >= 0.6 is 0 Å². The number of hydrogen-bond acceptors (Lipinski definition) is 6. The van der Waals surface area contributed by atoms with Crippen LogP contribution in [-0.4, -0.2) is 46.9 Å². The Bertz CT molecular complexity index is 756. The van der Waals surface area contributed by atoms with Gasteiger partial charge in [0.2, 0.25) is 0 Å². The highest BCUT2D eigenvalue weighted by atomic mass is 16.4. The first-order valence-electron chi connectivity index (χ1n) is 5.10. The Morgan fingerprint density at radius 3 is 2.53 bits per heavy atom. The fraction of sp³-hybridized carbons (Fsp3) is 0.333. The second-order valence-corrected chi connectivity index (χ2v) is 3.87. The number of nitrogens with zero attached hydrogens (tertiary/aromatic N) is 2. The number of imidazole rings is 1. The lowest BCUT2D eigenvalue weighted by atomic mass is 10.2. The molecule has 2 rings (SSSR count). The summed E-state index contributed by atoms with van der Waals surface area (Å²) in [5, 5.41) is 27.4. The minimum Gasteiger partial charge on any atom is -0.479 e. The van der Waals surface area contributed by atoms with E-state index in [-0.39, 0.29) is 17.0 Å². The average molecular weight is 270 g/mol. The molecule has 10 heteroatoms. The van der Waals surface area contributed by atoms with Gasteiger partial charge in [-0.25, -0.2) is 14.6 Å². The van der Waals surface area contributed by atoms with Crippen molar-refractivity contribution in [3.05, 3.63) is 26.7 Å². The molecule has 0 amide bonds. The zero-order valence-corrected chi connectivity index (χ0v) is 9.62. The minimum atomic E-state index is -2.10. The first-order valence-corrected chi connectivity index (χ1v) is 5.10. The number of aromatic amines is 2. The largest absolute Gasteiger partial charge is 0.479 e. The Morgan fingerprint density at radius 1 is 1.32 bits per heavy atom. The second-order valence-electron chi connectivity index (χ2n) is 3.87. The number of carboxylic acid groups (broad SMARTS) is 1. The van der Waals surface area contributed by atoms with Gasteiger partial charge in [0, 0.05) is 7.05 Å². The lowest BCUT2D eigenvalue weighted by Crippen LogP contribution is -2.28. The van der Waals surface area contributed by atoms with E-state index in [4.69, 9.17) is 5.11 Å². The molecule has 0 spiro atoms. The summed E-state index contributed by atoms with van der Waals surface area (Å²) in [6.45, 7) is 0. The third kappa shape index (κ3) is 2.02. The van der Waals surface area contributed by atoms with Crippen molar-refractivity contribution in [2.24, 2.45) is 7.05 Å². The Hall–Kier alpha value is -2.46. The smallest absolute Gasteiger partial charge is 0.335 e. The van der Waals surface area contributed by atoms with Crippen LogP contribution in [0.1, 0.15) is 11.9 Å². The number of H-pyrrole nitrogens is 2. The van der Waals surface area contributed by atoms with Crippen molar-refractivity contribution < 1.29 is 20.1 Å². The fourth-order valence-electron chi connectivity index (χ4n) is 1.55. The van der Waals surface area contributed by atoms with Crippen LogP contribution in [0.15, 0.2) is 9.59 Å². The number of carbonyl (C=O) groups is 1.